The summed E-state index contributed by atoms with van der Waals surface area (Å²) in [5.74, 6) is 1.37. The maximum Gasteiger partial charge on any atom is 0.192 e. The molecule has 3 nitrogen and oxygen atoms in total. The van der Waals surface area contributed by atoms with Crippen molar-refractivity contribution in [1.82, 2.24) is 4.98 Å². The normalized spacial score (nSPS) is 18.6. The van der Waals surface area contributed by atoms with Gasteiger partial charge in [0.15, 0.2) is 11.5 Å². The van der Waals surface area contributed by atoms with Crippen molar-refractivity contribution in [1.29, 1.82) is 0 Å². The van der Waals surface area contributed by atoms with Crippen LogP contribution in [-0.2, 0) is 0 Å². The molecule has 0 radical (unpaired) electrons. The van der Waals surface area contributed by atoms with Gasteiger partial charge in [0, 0.05) is 13.0 Å². The quantitative estimate of drug-likeness (QED) is 0.839. The molecule has 1 aliphatic carbocycles. The van der Waals surface area contributed by atoms with Crippen molar-refractivity contribution in [3.63, 3.8) is 0 Å². The Balaban J connectivity index is 1.97. The minimum atomic E-state index is 0.162. The first-order valence-electron chi connectivity index (χ1n) is 5.87. The van der Waals surface area contributed by atoms with Crippen LogP contribution in [0.15, 0.2) is 22.6 Å². The van der Waals surface area contributed by atoms with Crippen LogP contribution in [0.1, 0.15) is 36.8 Å². The fraction of sp³-hybridized carbons (Fsp3) is 0.462. The highest BCUT2D eigenvalue weighted by Gasteiger charge is 2.25. The third-order valence-corrected chi connectivity index (χ3v) is 3.56. The summed E-state index contributed by atoms with van der Waals surface area (Å²) in [6.45, 7) is 1.87. The van der Waals surface area contributed by atoms with Crippen molar-refractivity contribution < 1.29 is 4.42 Å². The van der Waals surface area contributed by atoms with E-state index < -0.39 is 0 Å². The van der Waals surface area contributed by atoms with Crippen molar-refractivity contribution in [2.24, 2.45) is 11.7 Å². The van der Waals surface area contributed by atoms with E-state index >= 15 is 0 Å². The van der Waals surface area contributed by atoms with E-state index in [4.69, 9.17) is 10.2 Å². The van der Waals surface area contributed by atoms with Gasteiger partial charge >= 0.3 is 0 Å². The molecule has 0 spiro atoms. The van der Waals surface area contributed by atoms with Gasteiger partial charge in [-0.25, -0.2) is 4.98 Å². The minimum Gasteiger partial charge on any atom is -0.441 e. The van der Waals surface area contributed by atoms with E-state index in [1.54, 1.807) is 0 Å². The first-order valence-corrected chi connectivity index (χ1v) is 5.87. The molecule has 1 heterocycles. The van der Waals surface area contributed by atoms with Crippen LogP contribution in [0.4, 0.5) is 0 Å². The van der Waals surface area contributed by atoms with Gasteiger partial charge < -0.3 is 10.2 Å². The molecule has 1 atom stereocenters. The number of fused-ring (bicyclic) bond motifs is 1. The summed E-state index contributed by atoms with van der Waals surface area (Å²) in [4.78, 5) is 4.34. The Morgan fingerprint density at radius 3 is 2.94 bits per heavy atom. The van der Waals surface area contributed by atoms with Crippen LogP contribution in [0.3, 0.4) is 0 Å². The van der Waals surface area contributed by atoms with Gasteiger partial charge in [-0.05, 0) is 36.5 Å². The molecule has 3 heteroatoms. The first-order chi connectivity index (χ1) is 7.74. The Hall–Kier alpha value is -1.35. The molecule has 1 unspecified atom stereocenters. The molecule has 0 saturated heterocycles. The van der Waals surface area contributed by atoms with E-state index in [0.29, 0.717) is 11.8 Å². The summed E-state index contributed by atoms with van der Waals surface area (Å²) in [5, 5.41) is 0. The molecule has 3 rings (SSSR count). The van der Waals surface area contributed by atoms with Gasteiger partial charge in [0.05, 0.1) is 0 Å². The van der Waals surface area contributed by atoms with E-state index in [9.17, 15) is 0 Å². The Labute approximate surface area is 94.7 Å². The Kier molecular flexibility index (Phi) is 2.21. The van der Waals surface area contributed by atoms with E-state index in [-0.39, 0.29) is 6.04 Å². The molecule has 1 aromatic heterocycles. The first kappa shape index (κ1) is 9.85. The van der Waals surface area contributed by atoms with Crippen LogP contribution in [0.25, 0.3) is 11.1 Å². The van der Waals surface area contributed by atoms with E-state index in [1.807, 2.05) is 13.0 Å². The van der Waals surface area contributed by atoms with Crippen molar-refractivity contribution in [3.8, 4) is 0 Å². The SMILES string of the molecule is Cc1nc2cc(C(N)C3CCC3)ccc2o1. The zero-order valence-electron chi connectivity index (χ0n) is 9.44. The molecular formula is C13H16N2O. The zero-order chi connectivity index (χ0) is 11.1. The van der Waals surface area contributed by atoms with E-state index in [0.717, 1.165) is 11.1 Å². The highest BCUT2D eigenvalue weighted by Crippen LogP contribution is 2.36. The van der Waals surface area contributed by atoms with Gasteiger partial charge in [-0.3, -0.25) is 0 Å². The molecule has 1 saturated carbocycles. The summed E-state index contributed by atoms with van der Waals surface area (Å²) >= 11 is 0. The molecule has 1 aliphatic rings. The van der Waals surface area contributed by atoms with Crippen molar-refractivity contribution in [2.45, 2.75) is 32.2 Å². The molecule has 0 aliphatic heterocycles. The van der Waals surface area contributed by atoms with Crippen molar-refractivity contribution in [2.75, 3.05) is 0 Å². The second kappa shape index (κ2) is 3.59. The van der Waals surface area contributed by atoms with Gasteiger partial charge in [0.25, 0.3) is 0 Å². The van der Waals surface area contributed by atoms with Crippen molar-refractivity contribution >= 4 is 11.1 Å². The predicted molar refractivity (Wildman–Crippen MR) is 63.0 cm³/mol. The number of nitrogens with two attached hydrogens (primary N) is 1. The Bertz CT molecular complexity index is 514. The molecule has 0 bridgehead atoms. The van der Waals surface area contributed by atoms with Crippen LogP contribution in [-0.4, -0.2) is 4.98 Å². The van der Waals surface area contributed by atoms with E-state index in [2.05, 4.69) is 17.1 Å². The lowest BCUT2D eigenvalue weighted by molar-refractivity contribution is 0.264. The van der Waals surface area contributed by atoms with Gasteiger partial charge in [-0.1, -0.05) is 12.5 Å². The Morgan fingerprint density at radius 2 is 2.25 bits per heavy atom. The van der Waals surface area contributed by atoms with Crippen molar-refractivity contribution in [3.05, 3.63) is 29.7 Å². The lowest BCUT2D eigenvalue weighted by Gasteiger charge is -2.31. The highest BCUT2D eigenvalue weighted by atomic mass is 16.3. The number of oxazole rings is 1. The molecule has 1 aromatic carbocycles. The molecule has 16 heavy (non-hydrogen) atoms. The maximum atomic E-state index is 6.24. The average molecular weight is 216 g/mol. The lowest BCUT2D eigenvalue weighted by atomic mass is 9.77. The molecule has 1 fully saturated rings. The third-order valence-electron chi connectivity index (χ3n) is 3.56. The van der Waals surface area contributed by atoms with Crippen LogP contribution in [0.2, 0.25) is 0 Å². The summed E-state index contributed by atoms with van der Waals surface area (Å²) < 4.78 is 5.45. The second-order valence-electron chi connectivity index (χ2n) is 4.68. The number of aryl methyl sites for hydroxylation is 1. The summed E-state index contributed by atoms with van der Waals surface area (Å²) in [5.41, 5.74) is 9.20. The molecule has 2 N–H and O–H groups in total. The number of benzene rings is 1. The van der Waals surface area contributed by atoms with Crippen LogP contribution in [0.5, 0.6) is 0 Å². The summed E-state index contributed by atoms with van der Waals surface area (Å²) in [6.07, 6.45) is 3.85. The molecule has 2 aromatic rings. The van der Waals surface area contributed by atoms with Crippen LogP contribution >= 0.6 is 0 Å². The number of hydrogen-bond acceptors (Lipinski definition) is 3. The van der Waals surface area contributed by atoms with Crippen LogP contribution < -0.4 is 5.73 Å². The summed E-state index contributed by atoms with van der Waals surface area (Å²) in [6, 6.07) is 6.27. The van der Waals surface area contributed by atoms with Gasteiger partial charge in [-0.15, -0.1) is 0 Å². The minimum absolute atomic E-state index is 0.162. The Morgan fingerprint density at radius 1 is 1.44 bits per heavy atom. The smallest absolute Gasteiger partial charge is 0.192 e. The second-order valence-corrected chi connectivity index (χ2v) is 4.68. The number of hydrogen-bond donors (Lipinski definition) is 1. The monoisotopic (exact) mass is 216 g/mol. The van der Waals surface area contributed by atoms with Gasteiger partial charge in [-0.2, -0.15) is 0 Å². The number of nitrogens with zero attached hydrogens (tertiary/aromatic N) is 1. The summed E-state index contributed by atoms with van der Waals surface area (Å²) in [7, 11) is 0. The lowest BCUT2D eigenvalue weighted by Crippen LogP contribution is -2.26. The van der Waals surface area contributed by atoms with Gasteiger partial charge in [0.2, 0.25) is 0 Å². The van der Waals surface area contributed by atoms with E-state index in [1.165, 1.54) is 24.8 Å². The number of aromatic nitrogens is 1. The van der Waals surface area contributed by atoms with Crippen LogP contribution in [0, 0.1) is 12.8 Å². The predicted octanol–water partition coefficient (Wildman–Crippen LogP) is 2.94. The fourth-order valence-corrected chi connectivity index (χ4v) is 2.34. The third kappa shape index (κ3) is 1.52. The number of rotatable bonds is 2. The molecule has 0 amide bonds. The standard InChI is InChI=1S/C13H16N2O/c1-8-15-11-7-10(5-6-12(11)16-8)13(14)9-3-2-4-9/h5-7,9,13H,2-4,14H2,1H3. The molecule has 84 valence electrons. The fourth-order valence-electron chi connectivity index (χ4n) is 2.34. The average Bonchev–Trinajstić information content (AvgIpc) is 2.53. The molecular weight excluding hydrogens is 200 g/mol. The van der Waals surface area contributed by atoms with Gasteiger partial charge in [0.1, 0.15) is 5.52 Å². The maximum absolute atomic E-state index is 6.24. The topological polar surface area (TPSA) is 52.0 Å². The zero-order valence-corrected chi connectivity index (χ0v) is 9.44. The highest BCUT2D eigenvalue weighted by molar-refractivity contribution is 5.73. The largest absolute Gasteiger partial charge is 0.441 e.